The summed E-state index contributed by atoms with van der Waals surface area (Å²) in [4.78, 5) is 0. The second-order valence-electron chi connectivity index (χ2n) is 5.55. The average Bonchev–Trinajstić information content (AvgIpc) is 2.87. The van der Waals surface area contributed by atoms with Gasteiger partial charge in [-0.1, -0.05) is 12.1 Å². The highest BCUT2D eigenvalue weighted by Crippen LogP contribution is 2.17. The molecule has 100 valence electrons. The van der Waals surface area contributed by atoms with Gasteiger partial charge in [0, 0.05) is 6.20 Å². The largest absolute Gasteiger partial charge is 0.316 e. The van der Waals surface area contributed by atoms with E-state index in [4.69, 9.17) is 0 Å². The van der Waals surface area contributed by atoms with Crippen molar-refractivity contribution in [2.45, 2.75) is 26.2 Å². The van der Waals surface area contributed by atoms with Gasteiger partial charge in [-0.15, -0.1) is 0 Å². The van der Waals surface area contributed by atoms with Crippen molar-refractivity contribution in [1.82, 2.24) is 15.1 Å². The number of aryl methyl sites for hydroxylation is 1. The van der Waals surface area contributed by atoms with Gasteiger partial charge in [0.05, 0.1) is 11.9 Å². The maximum Gasteiger partial charge on any atom is 0.0645 e. The van der Waals surface area contributed by atoms with Crippen LogP contribution in [0.3, 0.4) is 0 Å². The molecule has 2 heterocycles. The molecule has 0 radical (unpaired) electrons. The van der Waals surface area contributed by atoms with Gasteiger partial charge in [0.25, 0.3) is 0 Å². The fourth-order valence-corrected chi connectivity index (χ4v) is 2.77. The van der Waals surface area contributed by atoms with E-state index in [1.807, 2.05) is 10.9 Å². The Morgan fingerprint density at radius 1 is 1.32 bits per heavy atom. The Bertz CT molecular complexity index is 521. The second-order valence-corrected chi connectivity index (χ2v) is 5.55. The van der Waals surface area contributed by atoms with Crippen LogP contribution in [0.4, 0.5) is 0 Å². The summed E-state index contributed by atoms with van der Waals surface area (Å²) in [5.41, 5.74) is 3.76. The van der Waals surface area contributed by atoms with Crippen LogP contribution in [0.15, 0.2) is 36.7 Å². The van der Waals surface area contributed by atoms with E-state index in [9.17, 15) is 0 Å². The highest BCUT2D eigenvalue weighted by atomic mass is 15.3. The Hall–Kier alpha value is -1.61. The van der Waals surface area contributed by atoms with E-state index in [-0.39, 0.29) is 0 Å². The minimum atomic E-state index is 0.798. The monoisotopic (exact) mass is 255 g/mol. The minimum Gasteiger partial charge on any atom is -0.316 e. The van der Waals surface area contributed by atoms with Crippen LogP contribution in [-0.4, -0.2) is 22.9 Å². The Morgan fingerprint density at radius 3 is 2.79 bits per heavy atom. The van der Waals surface area contributed by atoms with Crippen molar-refractivity contribution in [3.63, 3.8) is 0 Å². The molecule has 1 atom stereocenters. The van der Waals surface area contributed by atoms with Crippen molar-refractivity contribution in [1.29, 1.82) is 0 Å². The van der Waals surface area contributed by atoms with Gasteiger partial charge in [0.1, 0.15) is 0 Å². The van der Waals surface area contributed by atoms with Crippen molar-refractivity contribution in [3.05, 3.63) is 47.8 Å². The van der Waals surface area contributed by atoms with Crippen LogP contribution in [0.1, 0.15) is 24.0 Å². The van der Waals surface area contributed by atoms with Gasteiger partial charge >= 0.3 is 0 Å². The summed E-state index contributed by atoms with van der Waals surface area (Å²) in [5.74, 6) is 0.798. The third kappa shape index (κ3) is 3.04. The summed E-state index contributed by atoms with van der Waals surface area (Å²) in [6.45, 7) is 4.42. The molecule has 1 unspecified atom stereocenters. The molecule has 3 nitrogen and oxygen atoms in total. The van der Waals surface area contributed by atoms with E-state index in [0.29, 0.717) is 0 Å². The van der Waals surface area contributed by atoms with Crippen LogP contribution >= 0.6 is 0 Å². The van der Waals surface area contributed by atoms with Gasteiger partial charge in [0.15, 0.2) is 0 Å². The van der Waals surface area contributed by atoms with Crippen molar-refractivity contribution in [2.75, 3.05) is 13.1 Å². The van der Waals surface area contributed by atoms with Crippen LogP contribution in [0.2, 0.25) is 0 Å². The molecule has 0 spiro atoms. The van der Waals surface area contributed by atoms with E-state index >= 15 is 0 Å². The lowest BCUT2D eigenvalue weighted by Gasteiger charge is -2.22. The molecule has 0 aliphatic carbocycles. The van der Waals surface area contributed by atoms with Gasteiger partial charge in [0.2, 0.25) is 0 Å². The first-order valence-corrected chi connectivity index (χ1v) is 7.12. The number of hydrogen-bond donors (Lipinski definition) is 1. The van der Waals surface area contributed by atoms with Gasteiger partial charge in [-0.2, -0.15) is 5.10 Å². The molecule has 3 rings (SSSR count). The van der Waals surface area contributed by atoms with Gasteiger partial charge in [-0.05, 0) is 68.5 Å². The Labute approximate surface area is 114 Å². The third-order valence-electron chi connectivity index (χ3n) is 3.84. The van der Waals surface area contributed by atoms with Crippen molar-refractivity contribution >= 4 is 0 Å². The fourth-order valence-electron chi connectivity index (χ4n) is 2.77. The quantitative estimate of drug-likeness (QED) is 0.914. The normalized spacial score (nSPS) is 19.5. The molecule has 1 aliphatic rings. The van der Waals surface area contributed by atoms with Crippen LogP contribution < -0.4 is 5.32 Å². The molecule has 19 heavy (non-hydrogen) atoms. The zero-order chi connectivity index (χ0) is 13.1. The summed E-state index contributed by atoms with van der Waals surface area (Å²) < 4.78 is 1.93. The number of benzene rings is 1. The third-order valence-corrected chi connectivity index (χ3v) is 3.84. The number of aromatic nitrogens is 2. The Balaban J connectivity index is 1.68. The van der Waals surface area contributed by atoms with Crippen LogP contribution in [0, 0.1) is 12.8 Å². The molecular formula is C16H21N3. The summed E-state index contributed by atoms with van der Waals surface area (Å²) in [6.07, 6.45) is 7.80. The highest BCUT2D eigenvalue weighted by Gasteiger charge is 2.13. The molecule has 1 saturated heterocycles. The van der Waals surface area contributed by atoms with E-state index in [0.717, 1.165) is 11.6 Å². The van der Waals surface area contributed by atoms with Gasteiger partial charge in [-0.25, -0.2) is 4.68 Å². The zero-order valence-corrected chi connectivity index (χ0v) is 11.5. The van der Waals surface area contributed by atoms with Crippen molar-refractivity contribution in [3.8, 4) is 5.69 Å². The lowest BCUT2D eigenvalue weighted by Crippen LogP contribution is -2.30. The molecule has 1 aliphatic heterocycles. The SMILES string of the molecule is Cc1cnn(-c2ccc(CC3CCCNC3)cc2)c1. The van der Waals surface area contributed by atoms with Crippen LogP contribution in [0.25, 0.3) is 5.69 Å². The summed E-state index contributed by atoms with van der Waals surface area (Å²) in [7, 11) is 0. The Kier molecular flexibility index (Phi) is 3.65. The topological polar surface area (TPSA) is 29.9 Å². The number of hydrogen-bond acceptors (Lipinski definition) is 2. The lowest BCUT2D eigenvalue weighted by atomic mass is 9.92. The molecule has 2 aromatic rings. The van der Waals surface area contributed by atoms with E-state index in [1.54, 1.807) is 0 Å². The number of piperidine rings is 1. The predicted molar refractivity (Wildman–Crippen MR) is 77.6 cm³/mol. The summed E-state index contributed by atoms with van der Waals surface area (Å²) in [5, 5.41) is 7.82. The summed E-state index contributed by atoms with van der Waals surface area (Å²) in [6, 6.07) is 8.80. The predicted octanol–water partition coefficient (Wildman–Crippen LogP) is 2.72. The fraction of sp³-hybridized carbons (Fsp3) is 0.438. The van der Waals surface area contributed by atoms with Crippen LogP contribution in [0.5, 0.6) is 0 Å². The number of nitrogens with one attached hydrogen (secondary N) is 1. The maximum atomic E-state index is 4.34. The minimum absolute atomic E-state index is 0.798. The molecule has 0 bridgehead atoms. The first-order chi connectivity index (χ1) is 9.31. The van der Waals surface area contributed by atoms with Crippen LogP contribution in [-0.2, 0) is 6.42 Å². The molecule has 1 N–H and O–H groups in total. The molecule has 1 fully saturated rings. The summed E-state index contributed by atoms with van der Waals surface area (Å²) >= 11 is 0. The first-order valence-electron chi connectivity index (χ1n) is 7.12. The first kappa shape index (κ1) is 12.4. The standard InChI is InChI=1S/C16H21N3/c1-13-10-18-19(12-13)16-6-4-14(5-7-16)9-15-3-2-8-17-11-15/h4-7,10,12,15,17H,2-3,8-9,11H2,1H3. The van der Waals surface area contributed by atoms with Crippen molar-refractivity contribution in [2.24, 2.45) is 5.92 Å². The van der Waals surface area contributed by atoms with Gasteiger partial charge < -0.3 is 5.32 Å². The molecule has 0 amide bonds. The van der Waals surface area contributed by atoms with E-state index in [1.165, 1.54) is 43.5 Å². The van der Waals surface area contributed by atoms with Crippen molar-refractivity contribution < 1.29 is 0 Å². The number of nitrogens with zero attached hydrogens (tertiary/aromatic N) is 2. The zero-order valence-electron chi connectivity index (χ0n) is 11.5. The highest BCUT2D eigenvalue weighted by molar-refractivity contribution is 5.34. The van der Waals surface area contributed by atoms with E-state index < -0.39 is 0 Å². The maximum absolute atomic E-state index is 4.34. The number of rotatable bonds is 3. The second kappa shape index (κ2) is 5.57. The molecule has 1 aromatic heterocycles. The average molecular weight is 255 g/mol. The molecule has 3 heteroatoms. The molecule has 1 aromatic carbocycles. The lowest BCUT2D eigenvalue weighted by molar-refractivity contribution is 0.376. The van der Waals surface area contributed by atoms with E-state index in [2.05, 4.69) is 47.8 Å². The smallest absolute Gasteiger partial charge is 0.0645 e. The molecular weight excluding hydrogens is 234 g/mol. The molecule has 0 saturated carbocycles. The Morgan fingerprint density at radius 2 is 2.16 bits per heavy atom. The van der Waals surface area contributed by atoms with Gasteiger partial charge in [-0.3, -0.25) is 0 Å².